The quantitative estimate of drug-likeness (QED) is 0.645. The molecule has 0 atom stereocenters. The molecule has 7 nitrogen and oxygen atoms in total. The van der Waals surface area contributed by atoms with Crippen LogP contribution in [0.4, 0.5) is 0 Å². The molecular weight excluding hydrogens is 346 g/mol. The zero-order valence-corrected chi connectivity index (χ0v) is 14.8. The fraction of sp³-hybridized carbons (Fsp3) is 0.200. The Bertz CT molecular complexity index is 931. The van der Waals surface area contributed by atoms with E-state index in [4.69, 9.17) is 14.9 Å². The predicted octanol–water partition coefficient (Wildman–Crippen LogP) is 2.82. The largest absolute Gasteiger partial charge is 0.461 e. The number of amides is 1. The van der Waals surface area contributed by atoms with Crippen LogP contribution < -0.4 is 5.73 Å². The Morgan fingerprint density at radius 3 is 2.41 bits per heavy atom. The molecule has 0 aliphatic rings. The normalized spacial score (nSPS) is 10.6. The monoisotopic (exact) mass is 365 g/mol. The van der Waals surface area contributed by atoms with Crippen molar-refractivity contribution in [2.24, 2.45) is 5.73 Å². The third kappa shape index (κ3) is 5.01. The van der Waals surface area contributed by atoms with Gasteiger partial charge in [0, 0.05) is 17.5 Å². The number of esters is 1. The Balaban J connectivity index is 1.48. The summed E-state index contributed by atoms with van der Waals surface area (Å²) in [5.41, 5.74) is 8.34. The summed E-state index contributed by atoms with van der Waals surface area (Å²) in [6, 6.07) is 14.3. The van der Waals surface area contributed by atoms with Gasteiger partial charge in [-0.05, 0) is 36.8 Å². The molecule has 2 N–H and O–H groups in total. The molecule has 0 spiro atoms. The Labute approximate surface area is 156 Å². The summed E-state index contributed by atoms with van der Waals surface area (Å²) in [7, 11) is 0. The fourth-order valence-electron chi connectivity index (χ4n) is 2.38. The first-order valence-electron chi connectivity index (χ1n) is 8.45. The van der Waals surface area contributed by atoms with Gasteiger partial charge in [-0.25, -0.2) is 0 Å². The van der Waals surface area contributed by atoms with E-state index in [2.05, 4.69) is 10.2 Å². The van der Waals surface area contributed by atoms with Crippen molar-refractivity contribution in [1.82, 2.24) is 10.2 Å². The van der Waals surface area contributed by atoms with Gasteiger partial charge in [0.1, 0.15) is 6.61 Å². The predicted molar refractivity (Wildman–Crippen MR) is 97.5 cm³/mol. The summed E-state index contributed by atoms with van der Waals surface area (Å²) >= 11 is 0. The second-order valence-corrected chi connectivity index (χ2v) is 6.09. The number of carbonyl (C=O) groups excluding carboxylic acids is 2. The van der Waals surface area contributed by atoms with Gasteiger partial charge in [0.25, 0.3) is 0 Å². The van der Waals surface area contributed by atoms with E-state index in [0.717, 1.165) is 16.7 Å². The van der Waals surface area contributed by atoms with Gasteiger partial charge < -0.3 is 14.9 Å². The molecule has 3 rings (SSSR count). The third-order valence-corrected chi connectivity index (χ3v) is 3.95. The smallest absolute Gasteiger partial charge is 0.306 e. The highest BCUT2D eigenvalue weighted by Gasteiger charge is 2.11. The van der Waals surface area contributed by atoms with E-state index in [1.54, 1.807) is 24.3 Å². The number of hydrogen-bond acceptors (Lipinski definition) is 6. The topological polar surface area (TPSA) is 108 Å². The van der Waals surface area contributed by atoms with Crippen LogP contribution in [0.2, 0.25) is 0 Å². The van der Waals surface area contributed by atoms with Crippen LogP contribution in [-0.2, 0) is 22.6 Å². The van der Waals surface area contributed by atoms with Crippen LogP contribution in [0.25, 0.3) is 11.5 Å². The number of primary amides is 1. The summed E-state index contributed by atoms with van der Waals surface area (Å²) in [4.78, 5) is 22.9. The van der Waals surface area contributed by atoms with Crippen LogP contribution in [0.15, 0.2) is 52.9 Å². The first kappa shape index (κ1) is 18.3. The molecule has 0 aliphatic heterocycles. The Hall–Kier alpha value is -3.48. The molecule has 1 aromatic heterocycles. The molecule has 0 bridgehead atoms. The van der Waals surface area contributed by atoms with Crippen molar-refractivity contribution in [2.75, 3.05) is 0 Å². The Morgan fingerprint density at radius 2 is 1.74 bits per heavy atom. The number of aromatic nitrogens is 2. The first-order chi connectivity index (χ1) is 13.0. The zero-order valence-electron chi connectivity index (χ0n) is 14.8. The van der Waals surface area contributed by atoms with Crippen molar-refractivity contribution in [3.63, 3.8) is 0 Å². The lowest BCUT2D eigenvalue weighted by Gasteiger charge is -2.04. The van der Waals surface area contributed by atoms with Crippen molar-refractivity contribution in [2.45, 2.75) is 26.4 Å². The van der Waals surface area contributed by atoms with Gasteiger partial charge in [0.15, 0.2) is 0 Å². The van der Waals surface area contributed by atoms with Gasteiger partial charge >= 0.3 is 5.97 Å². The van der Waals surface area contributed by atoms with Crippen molar-refractivity contribution in [1.29, 1.82) is 0 Å². The highest BCUT2D eigenvalue weighted by Crippen LogP contribution is 2.18. The molecular formula is C20H19N3O4. The number of nitrogens with two attached hydrogens (primary N) is 1. The number of nitrogens with zero attached hydrogens (tertiary/aromatic N) is 2. The summed E-state index contributed by atoms with van der Waals surface area (Å²) < 4.78 is 10.8. The zero-order chi connectivity index (χ0) is 19.2. The van der Waals surface area contributed by atoms with Crippen molar-refractivity contribution < 1.29 is 18.7 Å². The molecule has 0 radical (unpaired) electrons. The number of ether oxygens (including phenoxy) is 1. The standard InChI is InChI=1S/C20H19N3O4/c1-13-2-6-16(7-3-13)20-23-22-17(27-20)10-11-18(24)26-12-14-4-8-15(9-5-14)19(21)25/h2-9H,10-12H2,1H3,(H2,21,25). The molecule has 0 saturated heterocycles. The first-order valence-corrected chi connectivity index (χ1v) is 8.45. The molecule has 3 aromatic rings. The number of benzene rings is 2. The van der Waals surface area contributed by atoms with Gasteiger partial charge in [-0.3, -0.25) is 9.59 Å². The summed E-state index contributed by atoms with van der Waals surface area (Å²) in [6.45, 7) is 2.12. The highest BCUT2D eigenvalue weighted by atomic mass is 16.5. The maximum atomic E-state index is 11.9. The van der Waals surface area contributed by atoms with Crippen LogP contribution >= 0.6 is 0 Å². The fourth-order valence-corrected chi connectivity index (χ4v) is 2.38. The molecule has 1 heterocycles. The van der Waals surface area contributed by atoms with E-state index in [-0.39, 0.29) is 19.0 Å². The minimum absolute atomic E-state index is 0.121. The van der Waals surface area contributed by atoms with Crippen LogP contribution in [0.1, 0.15) is 33.8 Å². The van der Waals surface area contributed by atoms with Crippen molar-refractivity contribution in [3.05, 3.63) is 71.1 Å². The van der Waals surface area contributed by atoms with E-state index in [1.807, 2.05) is 31.2 Å². The third-order valence-electron chi connectivity index (χ3n) is 3.95. The van der Waals surface area contributed by atoms with Crippen molar-refractivity contribution >= 4 is 11.9 Å². The average molecular weight is 365 g/mol. The minimum Gasteiger partial charge on any atom is -0.461 e. The molecule has 0 fully saturated rings. The highest BCUT2D eigenvalue weighted by molar-refractivity contribution is 5.92. The Kier molecular flexibility index (Phi) is 5.61. The van der Waals surface area contributed by atoms with Crippen LogP contribution in [0.5, 0.6) is 0 Å². The van der Waals surface area contributed by atoms with Gasteiger partial charge in [0.05, 0.1) is 6.42 Å². The molecule has 0 saturated carbocycles. The maximum absolute atomic E-state index is 11.9. The molecule has 2 aromatic carbocycles. The lowest BCUT2D eigenvalue weighted by molar-refractivity contribution is -0.145. The van der Waals surface area contributed by atoms with Crippen molar-refractivity contribution in [3.8, 4) is 11.5 Å². The number of aryl methyl sites for hydroxylation is 2. The maximum Gasteiger partial charge on any atom is 0.306 e. The summed E-state index contributed by atoms with van der Waals surface area (Å²) in [5, 5.41) is 7.97. The second-order valence-electron chi connectivity index (χ2n) is 6.09. The van der Waals surface area contributed by atoms with E-state index in [9.17, 15) is 9.59 Å². The number of rotatable bonds is 7. The summed E-state index contributed by atoms with van der Waals surface area (Å²) in [6.07, 6.45) is 0.438. The molecule has 7 heteroatoms. The SMILES string of the molecule is Cc1ccc(-c2nnc(CCC(=O)OCc3ccc(C(N)=O)cc3)o2)cc1. The molecule has 138 valence electrons. The van der Waals surface area contributed by atoms with E-state index in [1.165, 1.54) is 0 Å². The van der Waals surface area contributed by atoms with Gasteiger partial charge in [0.2, 0.25) is 17.7 Å². The van der Waals surface area contributed by atoms with E-state index in [0.29, 0.717) is 23.8 Å². The lowest BCUT2D eigenvalue weighted by atomic mass is 10.1. The van der Waals surface area contributed by atoms with Gasteiger partial charge in [-0.1, -0.05) is 29.8 Å². The molecule has 27 heavy (non-hydrogen) atoms. The lowest BCUT2D eigenvalue weighted by Crippen LogP contribution is -2.11. The number of hydrogen-bond donors (Lipinski definition) is 1. The average Bonchev–Trinajstić information content (AvgIpc) is 3.14. The van der Waals surface area contributed by atoms with E-state index < -0.39 is 5.91 Å². The minimum atomic E-state index is -0.497. The number of carbonyl (C=O) groups is 2. The summed E-state index contributed by atoms with van der Waals surface area (Å²) in [5.74, 6) is -0.0617. The molecule has 0 unspecified atom stereocenters. The van der Waals surface area contributed by atoms with Gasteiger partial charge in [-0.2, -0.15) is 0 Å². The second kappa shape index (κ2) is 8.27. The Morgan fingerprint density at radius 1 is 1.04 bits per heavy atom. The van der Waals surface area contributed by atoms with Crippen LogP contribution in [-0.4, -0.2) is 22.1 Å². The molecule has 1 amide bonds. The van der Waals surface area contributed by atoms with Crippen LogP contribution in [0.3, 0.4) is 0 Å². The van der Waals surface area contributed by atoms with Crippen LogP contribution in [0, 0.1) is 6.92 Å². The molecule has 0 aliphatic carbocycles. The van der Waals surface area contributed by atoms with Gasteiger partial charge in [-0.15, -0.1) is 10.2 Å². The van der Waals surface area contributed by atoms with E-state index >= 15 is 0 Å².